The SMILES string of the molecule is Cc1ncc2nc(Nc3c(F)cc(F)cc3F)n(C3CCC(C(=O)N4CCOCC4)CC3)c2n1. The summed E-state index contributed by atoms with van der Waals surface area (Å²) in [5.41, 5.74) is 0.530. The number of hydrogen-bond donors (Lipinski definition) is 1. The van der Waals surface area contributed by atoms with E-state index < -0.39 is 23.1 Å². The van der Waals surface area contributed by atoms with E-state index in [9.17, 15) is 18.0 Å². The highest BCUT2D eigenvalue weighted by Gasteiger charge is 2.33. The van der Waals surface area contributed by atoms with E-state index in [0.717, 1.165) is 0 Å². The lowest BCUT2D eigenvalue weighted by molar-refractivity contribution is -0.140. The molecule has 2 fully saturated rings. The van der Waals surface area contributed by atoms with E-state index in [-0.39, 0.29) is 23.8 Å². The number of nitrogens with zero attached hydrogens (tertiary/aromatic N) is 5. The molecule has 3 aromatic rings. The molecule has 1 N–H and O–H groups in total. The second kappa shape index (κ2) is 9.21. The third kappa shape index (κ3) is 4.31. The van der Waals surface area contributed by atoms with Crippen LogP contribution in [0, 0.1) is 30.3 Å². The van der Waals surface area contributed by atoms with Crippen LogP contribution in [0.2, 0.25) is 0 Å². The van der Waals surface area contributed by atoms with Crippen molar-refractivity contribution in [1.82, 2.24) is 24.4 Å². The third-order valence-electron chi connectivity index (χ3n) is 6.53. The van der Waals surface area contributed by atoms with Gasteiger partial charge in [0.25, 0.3) is 0 Å². The fourth-order valence-corrected chi connectivity index (χ4v) is 4.81. The van der Waals surface area contributed by atoms with Crippen molar-refractivity contribution in [3.63, 3.8) is 0 Å². The predicted octanol–water partition coefficient (Wildman–Crippen LogP) is 3.89. The largest absolute Gasteiger partial charge is 0.378 e. The van der Waals surface area contributed by atoms with E-state index in [4.69, 9.17) is 4.74 Å². The number of morpholine rings is 1. The molecule has 34 heavy (non-hydrogen) atoms. The molecule has 5 rings (SSSR count). The molecule has 1 saturated heterocycles. The molecule has 0 bridgehead atoms. The molecule has 3 heterocycles. The van der Waals surface area contributed by atoms with Gasteiger partial charge in [0.15, 0.2) is 17.3 Å². The van der Waals surface area contributed by atoms with Crippen LogP contribution < -0.4 is 5.32 Å². The molecule has 0 atom stereocenters. The van der Waals surface area contributed by atoms with Crippen molar-refractivity contribution in [2.24, 2.45) is 5.92 Å². The lowest BCUT2D eigenvalue weighted by Crippen LogP contribution is -2.44. The van der Waals surface area contributed by atoms with Gasteiger partial charge in [-0.15, -0.1) is 0 Å². The normalized spacial score (nSPS) is 21.1. The van der Waals surface area contributed by atoms with Gasteiger partial charge >= 0.3 is 0 Å². The third-order valence-corrected chi connectivity index (χ3v) is 6.53. The topological polar surface area (TPSA) is 85.2 Å². The number of benzene rings is 1. The van der Waals surface area contributed by atoms with Crippen molar-refractivity contribution in [3.8, 4) is 0 Å². The van der Waals surface area contributed by atoms with E-state index in [1.165, 1.54) is 0 Å². The van der Waals surface area contributed by atoms with Gasteiger partial charge in [0.1, 0.15) is 22.8 Å². The number of aryl methyl sites for hydroxylation is 1. The smallest absolute Gasteiger partial charge is 0.225 e. The highest BCUT2D eigenvalue weighted by Crippen LogP contribution is 2.38. The van der Waals surface area contributed by atoms with Gasteiger partial charge in [0.05, 0.1) is 19.4 Å². The number of halogens is 3. The summed E-state index contributed by atoms with van der Waals surface area (Å²) in [5.74, 6) is -2.29. The Balaban J connectivity index is 1.43. The van der Waals surface area contributed by atoms with Crippen LogP contribution in [0.25, 0.3) is 11.2 Å². The quantitative estimate of drug-likeness (QED) is 0.618. The highest BCUT2D eigenvalue weighted by atomic mass is 19.1. The van der Waals surface area contributed by atoms with Gasteiger partial charge in [-0.3, -0.25) is 9.36 Å². The van der Waals surface area contributed by atoms with Crippen LogP contribution in [-0.2, 0) is 9.53 Å². The lowest BCUT2D eigenvalue weighted by Gasteiger charge is -2.34. The highest BCUT2D eigenvalue weighted by molar-refractivity contribution is 5.79. The Morgan fingerprint density at radius 2 is 1.74 bits per heavy atom. The van der Waals surface area contributed by atoms with Gasteiger partial charge in [-0.25, -0.2) is 28.1 Å². The Morgan fingerprint density at radius 3 is 2.41 bits per heavy atom. The molecule has 1 amide bonds. The summed E-state index contributed by atoms with van der Waals surface area (Å²) in [6.45, 7) is 4.11. The fraction of sp³-hybridized carbons (Fsp3) is 0.478. The van der Waals surface area contributed by atoms with Crippen molar-refractivity contribution in [2.75, 3.05) is 31.6 Å². The van der Waals surface area contributed by atoms with Crippen LogP contribution in [-0.4, -0.2) is 56.6 Å². The summed E-state index contributed by atoms with van der Waals surface area (Å²) in [7, 11) is 0. The number of rotatable bonds is 4. The van der Waals surface area contributed by atoms with Crippen LogP contribution in [0.3, 0.4) is 0 Å². The summed E-state index contributed by atoms with van der Waals surface area (Å²) < 4.78 is 49.2. The lowest BCUT2D eigenvalue weighted by atomic mass is 9.85. The fourth-order valence-electron chi connectivity index (χ4n) is 4.81. The number of nitrogens with one attached hydrogen (secondary N) is 1. The minimum Gasteiger partial charge on any atom is -0.378 e. The molecule has 0 unspecified atom stereocenters. The number of carbonyl (C=O) groups excluding carboxylic acids is 1. The Kier molecular flexibility index (Phi) is 6.11. The molecule has 180 valence electrons. The van der Waals surface area contributed by atoms with E-state index in [1.54, 1.807) is 13.1 Å². The van der Waals surface area contributed by atoms with Gasteiger partial charge in [-0.05, 0) is 32.6 Å². The summed E-state index contributed by atoms with van der Waals surface area (Å²) in [5, 5.41) is 2.71. The maximum absolute atomic E-state index is 14.3. The van der Waals surface area contributed by atoms with Gasteiger partial charge in [0.2, 0.25) is 11.9 Å². The average molecular weight is 474 g/mol. The summed E-state index contributed by atoms with van der Waals surface area (Å²) in [4.78, 5) is 27.9. The van der Waals surface area contributed by atoms with Crippen molar-refractivity contribution in [3.05, 3.63) is 41.6 Å². The molecule has 1 aromatic carbocycles. The molecule has 1 saturated carbocycles. The Labute approximate surface area is 194 Å². The zero-order valence-electron chi connectivity index (χ0n) is 18.7. The maximum atomic E-state index is 14.3. The van der Waals surface area contributed by atoms with Gasteiger partial charge in [0, 0.05) is 37.2 Å². The zero-order valence-corrected chi connectivity index (χ0v) is 18.7. The molecule has 0 spiro atoms. The number of anilines is 2. The van der Waals surface area contributed by atoms with Crippen LogP contribution in [0.4, 0.5) is 24.8 Å². The van der Waals surface area contributed by atoms with Gasteiger partial charge in [-0.2, -0.15) is 0 Å². The van der Waals surface area contributed by atoms with Gasteiger partial charge in [-0.1, -0.05) is 0 Å². The van der Waals surface area contributed by atoms with E-state index in [1.807, 2.05) is 9.47 Å². The number of carbonyl (C=O) groups is 1. The minimum atomic E-state index is -1.06. The van der Waals surface area contributed by atoms with Gasteiger partial charge < -0.3 is 15.0 Å². The molecular weight excluding hydrogens is 449 g/mol. The van der Waals surface area contributed by atoms with E-state index in [2.05, 4.69) is 20.3 Å². The first-order valence-corrected chi connectivity index (χ1v) is 11.4. The van der Waals surface area contributed by atoms with Crippen molar-refractivity contribution in [2.45, 2.75) is 38.6 Å². The summed E-state index contributed by atoms with van der Waals surface area (Å²) in [6, 6.07) is 1.15. The molecule has 11 heteroatoms. The molecular formula is C23H25F3N6O2. The number of fused-ring (bicyclic) bond motifs is 1. The standard InChI is InChI=1S/C23H25F3N6O2/c1-13-27-12-19-21(28-13)32(23(29-19)30-20-17(25)10-15(24)11-18(20)26)16-4-2-14(3-5-16)22(33)31-6-8-34-9-7-31/h10-12,14,16H,2-9H2,1H3,(H,29,30). The number of amides is 1. The van der Waals surface area contributed by atoms with Crippen LogP contribution in [0.5, 0.6) is 0 Å². The van der Waals surface area contributed by atoms with Crippen LogP contribution >= 0.6 is 0 Å². The zero-order chi connectivity index (χ0) is 23.8. The second-order valence-corrected chi connectivity index (χ2v) is 8.74. The monoisotopic (exact) mass is 474 g/mol. The summed E-state index contributed by atoms with van der Waals surface area (Å²) >= 11 is 0. The predicted molar refractivity (Wildman–Crippen MR) is 118 cm³/mol. The number of aromatic nitrogens is 4. The number of hydrogen-bond acceptors (Lipinski definition) is 6. The molecule has 0 radical (unpaired) electrons. The molecule has 1 aliphatic heterocycles. The molecule has 2 aromatic heterocycles. The average Bonchev–Trinajstić information content (AvgIpc) is 3.18. The number of ether oxygens (including phenoxy) is 1. The molecule has 1 aliphatic carbocycles. The molecule has 2 aliphatic rings. The minimum absolute atomic E-state index is 0.0658. The van der Waals surface area contributed by atoms with E-state index in [0.29, 0.717) is 81.1 Å². The Hall–Kier alpha value is -3.21. The molecule has 8 nitrogen and oxygen atoms in total. The van der Waals surface area contributed by atoms with E-state index >= 15 is 0 Å². The Morgan fingerprint density at radius 1 is 1.06 bits per heavy atom. The first-order chi connectivity index (χ1) is 16.4. The second-order valence-electron chi connectivity index (χ2n) is 8.74. The Bertz CT molecular complexity index is 1200. The van der Waals surface area contributed by atoms with Crippen LogP contribution in [0.1, 0.15) is 37.5 Å². The number of imidazole rings is 1. The van der Waals surface area contributed by atoms with Crippen LogP contribution in [0.15, 0.2) is 18.3 Å². The van der Waals surface area contributed by atoms with Crippen molar-refractivity contribution < 1.29 is 22.7 Å². The maximum Gasteiger partial charge on any atom is 0.225 e. The first-order valence-electron chi connectivity index (χ1n) is 11.4. The van der Waals surface area contributed by atoms with Crippen molar-refractivity contribution in [1.29, 1.82) is 0 Å². The summed E-state index contributed by atoms with van der Waals surface area (Å²) in [6.07, 6.45) is 4.29. The first kappa shape index (κ1) is 22.6. The van der Waals surface area contributed by atoms with Crippen molar-refractivity contribution >= 4 is 28.7 Å².